The molecule has 2 aromatic carbocycles. The zero-order valence-electron chi connectivity index (χ0n) is 14.0. The van der Waals surface area contributed by atoms with Gasteiger partial charge in [-0.25, -0.2) is 4.39 Å². The minimum Gasteiger partial charge on any atom is -0.478 e. The molecule has 1 aliphatic rings. The Kier molecular flexibility index (Phi) is 6.12. The standard InChI is InChI=1S/C19H19FN2O3S/c20-14-6-2-1-5-13(14)12-26-10-9-21-18(23)11-17-19(24)22-15-7-3-4-8-16(15)25-17/h1-8,17H,9-12H2,(H,21,23)(H,22,24)/t17-/m0/s1. The lowest BCUT2D eigenvalue weighted by atomic mass is 10.1. The molecule has 5 nitrogen and oxygen atoms in total. The van der Waals surface area contributed by atoms with E-state index in [-0.39, 0.29) is 24.1 Å². The van der Waals surface area contributed by atoms with E-state index in [9.17, 15) is 14.0 Å². The molecule has 1 atom stereocenters. The van der Waals surface area contributed by atoms with Crippen molar-refractivity contribution in [3.8, 4) is 5.75 Å². The predicted octanol–water partition coefficient (Wildman–Crippen LogP) is 2.96. The molecule has 0 saturated carbocycles. The van der Waals surface area contributed by atoms with Gasteiger partial charge in [0.1, 0.15) is 11.6 Å². The van der Waals surface area contributed by atoms with Crippen molar-refractivity contribution in [3.05, 3.63) is 59.9 Å². The van der Waals surface area contributed by atoms with Gasteiger partial charge in [0.15, 0.2) is 6.10 Å². The summed E-state index contributed by atoms with van der Waals surface area (Å²) in [4.78, 5) is 24.0. The van der Waals surface area contributed by atoms with E-state index < -0.39 is 6.10 Å². The van der Waals surface area contributed by atoms with Gasteiger partial charge in [-0.3, -0.25) is 9.59 Å². The lowest BCUT2D eigenvalue weighted by molar-refractivity contribution is -0.130. The summed E-state index contributed by atoms with van der Waals surface area (Å²) in [6.45, 7) is 0.447. The van der Waals surface area contributed by atoms with Crippen LogP contribution in [0.5, 0.6) is 5.75 Å². The van der Waals surface area contributed by atoms with Gasteiger partial charge in [0, 0.05) is 18.1 Å². The van der Waals surface area contributed by atoms with Crippen LogP contribution >= 0.6 is 11.8 Å². The Morgan fingerprint density at radius 2 is 1.96 bits per heavy atom. The van der Waals surface area contributed by atoms with Gasteiger partial charge in [0.25, 0.3) is 5.91 Å². The van der Waals surface area contributed by atoms with Crippen LogP contribution in [0.3, 0.4) is 0 Å². The first-order chi connectivity index (χ1) is 12.6. The molecule has 136 valence electrons. The van der Waals surface area contributed by atoms with Gasteiger partial charge in [-0.15, -0.1) is 0 Å². The lowest BCUT2D eigenvalue weighted by Gasteiger charge is -2.25. The molecule has 0 fully saturated rings. The molecule has 26 heavy (non-hydrogen) atoms. The van der Waals surface area contributed by atoms with Gasteiger partial charge in [-0.05, 0) is 23.8 Å². The van der Waals surface area contributed by atoms with Gasteiger partial charge in [-0.1, -0.05) is 30.3 Å². The smallest absolute Gasteiger partial charge is 0.266 e. The number of hydrogen-bond acceptors (Lipinski definition) is 4. The van der Waals surface area contributed by atoms with Crippen LogP contribution in [0.15, 0.2) is 48.5 Å². The van der Waals surface area contributed by atoms with Crippen molar-refractivity contribution in [2.75, 3.05) is 17.6 Å². The molecule has 0 bridgehead atoms. The van der Waals surface area contributed by atoms with E-state index in [1.807, 2.05) is 0 Å². The molecule has 0 spiro atoms. The number of anilines is 1. The first kappa shape index (κ1) is 18.3. The second kappa shape index (κ2) is 8.71. The Balaban J connectivity index is 1.38. The van der Waals surface area contributed by atoms with Crippen molar-refractivity contribution in [2.24, 2.45) is 0 Å². The van der Waals surface area contributed by atoms with Gasteiger partial charge >= 0.3 is 0 Å². The fourth-order valence-electron chi connectivity index (χ4n) is 2.53. The highest BCUT2D eigenvalue weighted by atomic mass is 32.2. The summed E-state index contributed by atoms with van der Waals surface area (Å²) in [6, 6.07) is 13.7. The third-order valence-electron chi connectivity index (χ3n) is 3.86. The molecular weight excluding hydrogens is 355 g/mol. The number of benzene rings is 2. The first-order valence-corrected chi connectivity index (χ1v) is 9.43. The van der Waals surface area contributed by atoms with Crippen LogP contribution in [0.2, 0.25) is 0 Å². The van der Waals surface area contributed by atoms with Gasteiger partial charge in [0.05, 0.1) is 12.1 Å². The topological polar surface area (TPSA) is 67.4 Å². The Hall–Kier alpha value is -2.54. The zero-order chi connectivity index (χ0) is 18.4. The van der Waals surface area contributed by atoms with Crippen LogP contribution in [0.25, 0.3) is 0 Å². The Morgan fingerprint density at radius 1 is 1.19 bits per heavy atom. The number of carbonyl (C=O) groups excluding carboxylic acids is 2. The van der Waals surface area contributed by atoms with Crippen molar-refractivity contribution >= 4 is 29.3 Å². The molecule has 0 aromatic heterocycles. The number of nitrogens with one attached hydrogen (secondary N) is 2. The zero-order valence-corrected chi connectivity index (χ0v) is 14.9. The Bertz CT molecular complexity index is 800. The highest BCUT2D eigenvalue weighted by Crippen LogP contribution is 2.29. The van der Waals surface area contributed by atoms with E-state index >= 15 is 0 Å². The number of halogens is 1. The highest BCUT2D eigenvalue weighted by Gasteiger charge is 2.29. The summed E-state index contributed by atoms with van der Waals surface area (Å²) < 4.78 is 19.1. The quantitative estimate of drug-likeness (QED) is 0.731. The van der Waals surface area contributed by atoms with E-state index in [2.05, 4.69) is 10.6 Å². The summed E-state index contributed by atoms with van der Waals surface area (Å²) in [7, 11) is 0. The fraction of sp³-hybridized carbons (Fsp3) is 0.263. The predicted molar refractivity (Wildman–Crippen MR) is 99.7 cm³/mol. The molecule has 1 aliphatic heterocycles. The number of carbonyl (C=O) groups is 2. The molecule has 2 aromatic rings. The van der Waals surface area contributed by atoms with Gasteiger partial charge in [0.2, 0.25) is 5.91 Å². The highest BCUT2D eigenvalue weighted by molar-refractivity contribution is 7.98. The number of rotatable bonds is 7. The van der Waals surface area contributed by atoms with Crippen LogP contribution in [-0.2, 0) is 15.3 Å². The Labute approximate surface area is 155 Å². The van der Waals surface area contributed by atoms with E-state index in [0.29, 0.717) is 35.1 Å². The first-order valence-electron chi connectivity index (χ1n) is 8.28. The summed E-state index contributed by atoms with van der Waals surface area (Å²) in [5, 5.41) is 5.49. The van der Waals surface area contributed by atoms with Crippen LogP contribution < -0.4 is 15.4 Å². The van der Waals surface area contributed by atoms with Crippen molar-refractivity contribution in [1.29, 1.82) is 0 Å². The normalized spacial score (nSPS) is 15.6. The molecule has 1 heterocycles. The van der Waals surface area contributed by atoms with E-state index in [4.69, 9.17) is 4.74 Å². The summed E-state index contributed by atoms with van der Waals surface area (Å²) in [5.74, 6) is 0.965. The number of ether oxygens (including phenoxy) is 1. The Morgan fingerprint density at radius 3 is 2.81 bits per heavy atom. The number of fused-ring (bicyclic) bond motifs is 1. The maximum atomic E-state index is 13.5. The summed E-state index contributed by atoms with van der Waals surface area (Å²) >= 11 is 1.53. The van der Waals surface area contributed by atoms with Crippen LogP contribution in [-0.4, -0.2) is 30.2 Å². The van der Waals surface area contributed by atoms with Crippen molar-refractivity contribution in [1.82, 2.24) is 5.32 Å². The third kappa shape index (κ3) is 4.76. The molecule has 7 heteroatoms. The van der Waals surface area contributed by atoms with Crippen LogP contribution in [0.1, 0.15) is 12.0 Å². The number of hydrogen-bond donors (Lipinski definition) is 2. The van der Waals surface area contributed by atoms with Crippen LogP contribution in [0, 0.1) is 5.82 Å². The minimum atomic E-state index is -0.837. The lowest BCUT2D eigenvalue weighted by Crippen LogP contribution is -2.41. The van der Waals surface area contributed by atoms with Crippen molar-refractivity contribution in [2.45, 2.75) is 18.3 Å². The summed E-state index contributed by atoms with van der Waals surface area (Å²) in [6.07, 6.45) is -0.881. The van der Waals surface area contributed by atoms with E-state index in [0.717, 1.165) is 0 Å². The fourth-order valence-corrected chi connectivity index (χ4v) is 3.37. The molecule has 0 unspecified atom stereocenters. The van der Waals surface area contributed by atoms with Crippen molar-refractivity contribution in [3.63, 3.8) is 0 Å². The van der Waals surface area contributed by atoms with Crippen molar-refractivity contribution < 1.29 is 18.7 Å². The SMILES string of the molecule is O=C(C[C@@H]1Oc2ccccc2NC1=O)NCCSCc1ccccc1F. The number of thioether (sulfide) groups is 1. The molecule has 0 radical (unpaired) electrons. The molecule has 2 amide bonds. The van der Waals surface area contributed by atoms with Gasteiger partial charge < -0.3 is 15.4 Å². The average molecular weight is 374 g/mol. The third-order valence-corrected chi connectivity index (χ3v) is 4.87. The summed E-state index contributed by atoms with van der Waals surface area (Å²) in [5.41, 5.74) is 1.26. The second-order valence-corrected chi connectivity index (χ2v) is 6.90. The van der Waals surface area contributed by atoms with Crippen LogP contribution in [0.4, 0.5) is 10.1 Å². The van der Waals surface area contributed by atoms with Gasteiger partial charge in [-0.2, -0.15) is 11.8 Å². The second-order valence-electron chi connectivity index (χ2n) is 5.79. The molecule has 3 rings (SSSR count). The number of amides is 2. The molecule has 0 saturated heterocycles. The largest absolute Gasteiger partial charge is 0.478 e. The molecule has 0 aliphatic carbocycles. The molecular formula is C19H19FN2O3S. The average Bonchev–Trinajstić information content (AvgIpc) is 2.63. The maximum Gasteiger partial charge on any atom is 0.266 e. The van der Waals surface area contributed by atoms with E-state index in [1.54, 1.807) is 42.5 Å². The maximum absolute atomic E-state index is 13.5. The minimum absolute atomic E-state index is 0.0435. The number of para-hydroxylation sites is 2. The monoisotopic (exact) mass is 374 g/mol. The van der Waals surface area contributed by atoms with E-state index in [1.165, 1.54) is 17.8 Å². The molecule has 2 N–H and O–H groups in total.